The monoisotopic (exact) mass is 290 g/mol. The fourth-order valence-corrected chi connectivity index (χ4v) is 1.57. The molecule has 1 aromatic rings. The van der Waals surface area contributed by atoms with Crippen LogP contribution in [0.5, 0.6) is 5.75 Å². The zero-order chi connectivity index (χ0) is 11.1. The van der Waals surface area contributed by atoms with Gasteiger partial charge in [0.15, 0.2) is 0 Å². The van der Waals surface area contributed by atoms with Gasteiger partial charge in [-0.2, -0.15) is 0 Å². The summed E-state index contributed by atoms with van der Waals surface area (Å²) in [6.07, 6.45) is 2.28. The summed E-state index contributed by atoms with van der Waals surface area (Å²) >= 11 is 9.01. The van der Waals surface area contributed by atoms with Crippen LogP contribution in [0, 0.1) is 0 Å². The maximum absolute atomic E-state index is 11.3. The van der Waals surface area contributed by atoms with Crippen molar-refractivity contribution < 1.29 is 9.53 Å². The highest BCUT2D eigenvalue weighted by molar-refractivity contribution is 9.09. The number of unbranched alkanes of at least 4 members (excludes halogenated alkanes) is 1. The van der Waals surface area contributed by atoms with Crippen LogP contribution >= 0.6 is 27.5 Å². The normalized spacial score (nSPS) is 10.0. The molecule has 0 spiro atoms. The number of carbonyl (C=O) groups excluding carboxylic acids is 1. The number of esters is 1. The van der Waals surface area contributed by atoms with E-state index in [2.05, 4.69) is 15.9 Å². The molecule has 0 heterocycles. The lowest BCUT2D eigenvalue weighted by Gasteiger charge is -2.03. The molecule has 1 rings (SSSR count). The lowest BCUT2D eigenvalue weighted by Crippen LogP contribution is -2.07. The Labute approximate surface area is 103 Å². The second-order valence-electron chi connectivity index (χ2n) is 3.07. The van der Waals surface area contributed by atoms with Crippen LogP contribution in [0.4, 0.5) is 0 Å². The molecule has 0 saturated heterocycles. The van der Waals surface area contributed by atoms with Gasteiger partial charge in [0.05, 0.1) is 0 Å². The van der Waals surface area contributed by atoms with Crippen molar-refractivity contribution in [1.29, 1.82) is 0 Å². The first-order valence-electron chi connectivity index (χ1n) is 4.74. The van der Waals surface area contributed by atoms with Gasteiger partial charge in [0.1, 0.15) is 5.75 Å². The lowest BCUT2D eigenvalue weighted by atomic mass is 10.2. The molecule has 1 aromatic carbocycles. The third-order valence-corrected chi connectivity index (χ3v) is 2.62. The van der Waals surface area contributed by atoms with E-state index in [-0.39, 0.29) is 5.97 Å². The molecule has 15 heavy (non-hydrogen) atoms. The molecular formula is C11H12BrClO2. The Balaban J connectivity index is 2.34. The first-order valence-corrected chi connectivity index (χ1v) is 6.24. The summed E-state index contributed by atoms with van der Waals surface area (Å²) in [4.78, 5) is 11.3. The molecule has 0 atom stereocenters. The summed E-state index contributed by atoms with van der Waals surface area (Å²) in [5.74, 6) is 0.349. The second-order valence-corrected chi connectivity index (χ2v) is 4.30. The van der Waals surface area contributed by atoms with Crippen molar-refractivity contribution in [3.63, 3.8) is 0 Å². The van der Waals surface area contributed by atoms with Gasteiger partial charge in [0.25, 0.3) is 0 Å². The van der Waals surface area contributed by atoms with Gasteiger partial charge in [-0.3, -0.25) is 4.79 Å². The summed E-state index contributed by atoms with van der Waals surface area (Å²) in [7, 11) is 0. The number of hydrogen-bond acceptors (Lipinski definition) is 2. The third-order valence-electron chi connectivity index (χ3n) is 1.81. The Morgan fingerprint density at radius 3 is 2.53 bits per heavy atom. The van der Waals surface area contributed by atoms with Crippen molar-refractivity contribution in [2.24, 2.45) is 0 Å². The molecule has 4 heteroatoms. The molecule has 0 saturated carbocycles. The maximum atomic E-state index is 11.3. The van der Waals surface area contributed by atoms with Crippen LogP contribution in [-0.2, 0) is 4.79 Å². The van der Waals surface area contributed by atoms with E-state index >= 15 is 0 Å². The maximum Gasteiger partial charge on any atom is 0.311 e. The molecule has 0 unspecified atom stereocenters. The molecule has 0 bridgehead atoms. The Morgan fingerprint density at radius 2 is 1.93 bits per heavy atom. The van der Waals surface area contributed by atoms with Crippen LogP contribution in [0.1, 0.15) is 19.3 Å². The molecule has 0 aliphatic heterocycles. The highest BCUT2D eigenvalue weighted by Gasteiger charge is 2.03. The van der Waals surface area contributed by atoms with E-state index < -0.39 is 0 Å². The van der Waals surface area contributed by atoms with Crippen molar-refractivity contribution in [3.8, 4) is 5.75 Å². The van der Waals surface area contributed by atoms with Crippen LogP contribution in [0.15, 0.2) is 24.3 Å². The average Bonchev–Trinajstić information content (AvgIpc) is 2.22. The molecule has 82 valence electrons. The van der Waals surface area contributed by atoms with Crippen LogP contribution in [0.2, 0.25) is 5.02 Å². The SMILES string of the molecule is O=C(CCCCBr)Oc1ccc(Cl)cc1. The molecule has 0 aliphatic rings. The van der Waals surface area contributed by atoms with Gasteiger partial charge in [-0.25, -0.2) is 0 Å². The first kappa shape index (κ1) is 12.5. The Kier molecular flexibility index (Phi) is 5.73. The van der Waals surface area contributed by atoms with Gasteiger partial charge in [0, 0.05) is 16.8 Å². The van der Waals surface area contributed by atoms with E-state index in [4.69, 9.17) is 16.3 Å². The third kappa shape index (κ3) is 5.19. The Hall–Kier alpha value is -0.540. The molecule has 0 N–H and O–H groups in total. The molecule has 0 radical (unpaired) electrons. The van der Waals surface area contributed by atoms with E-state index in [1.54, 1.807) is 24.3 Å². The topological polar surface area (TPSA) is 26.3 Å². The fraction of sp³-hybridized carbons (Fsp3) is 0.364. The smallest absolute Gasteiger partial charge is 0.311 e. The zero-order valence-electron chi connectivity index (χ0n) is 8.21. The van der Waals surface area contributed by atoms with Crippen LogP contribution in [0.25, 0.3) is 0 Å². The van der Waals surface area contributed by atoms with Crippen LogP contribution in [-0.4, -0.2) is 11.3 Å². The van der Waals surface area contributed by atoms with E-state index in [0.717, 1.165) is 18.2 Å². The largest absolute Gasteiger partial charge is 0.427 e. The minimum absolute atomic E-state index is 0.196. The summed E-state index contributed by atoms with van der Waals surface area (Å²) in [6.45, 7) is 0. The predicted octanol–water partition coefficient (Wildman–Crippen LogP) is 3.81. The Bertz CT molecular complexity index is 311. The number of carbonyl (C=O) groups is 1. The van der Waals surface area contributed by atoms with Gasteiger partial charge in [0.2, 0.25) is 0 Å². The van der Waals surface area contributed by atoms with E-state index in [1.165, 1.54) is 0 Å². The molecular weight excluding hydrogens is 279 g/mol. The minimum Gasteiger partial charge on any atom is -0.427 e. The zero-order valence-corrected chi connectivity index (χ0v) is 10.6. The minimum atomic E-state index is -0.196. The van der Waals surface area contributed by atoms with Crippen LogP contribution < -0.4 is 4.74 Å². The number of halogens is 2. The molecule has 2 nitrogen and oxygen atoms in total. The number of ether oxygens (including phenoxy) is 1. The highest BCUT2D eigenvalue weighted by Crippen LogP contribution is 2.16. The predicted molar refractivity (Wildman–Crippen MR) is 64.7 cm³/mol. The van der Waals surface area contributed by atoms with Gasteiger partial charge >= 0.3 is 5.97 Å². The second kappa shape index (κ2) is 6.85. The summed E-state index contributed by atoms with van der Waals surface area (Å²) < 4.78 is 5.10. The average molecular weight is 292 g/mol. The summed E-state index contributed by atoms with van der Waals surface area (Å²) in [6, 6.07) is 6.76. The van der Waals surface area contributed by atoms with Crippen molar-refractivity contribution in [3.05, 3.63) is 29.3 Å². The molecule has 0 aromatic heterocycles. The quantitative estimate of drug-likeness (QED) is 0.357. The molecule has 0 amide bonds. The fourth-order valence-electron chi connectivity index (χ4n) is 1.05. The summed E-state index contributed by atoms with van der Waals surface area (Å²) in [5.41, 5.74) is 0. The highest BCUT2D eigenvalue weighted by atomic mass is 79.9. The van der Waals surface area contributed by atoms with Crippen LogP contribution in [0.3, 0.4) is 0 Å². The molecule has 0 fully saturated rings. The van der Waals surface area contributed by atoms with Gasteiger partial charge < -0.3 is 4.74 Å². The van der Waals surface area contributed by atoms with Gasteiger partial charge in [-0.1, -0.05) is 27.5 Å². The van der Waals surface area contributed by atoms with E-state index in [1.807, 2.05) is 0 Å². The first-order chi connectivity index (χ1) is 7.22. The van der Waals surface area contributed by atoms with Crippen molar-refractivity contribution in [1.82, 2.24) is 0 Å². The van der Waals surface area contributed by atoms with Crippen molar-refractivity contribution in [2.75, 3.05) is 5.33 Å². The lowest BCUT2D eigenvalue weighted by molar-refractivity contribution is -0.134. The van der Waals surface area contributed by atoms with Crippen molar-refractivity contribution in [2.45, 2.75) is 19.3 Å². The van der Waals surface area contributed by atoms with Gasteiger partial charge in [-0.15, -0.1) is 0 Å². The number of benzene rings is 1. The van der Waals surface area contributed by atoms with E-state index in [0.29, 0.717) is 17.2 Å². The van der Waals surface area contributed by atoms with Gasteiger partial charge in [-0.05, 0) is 37.1 Å². The number of rotatable bonds is 5. The molecule has 0 aliphatic carbocycles. The van der Waals surface area contributed by atoms with Crippen molar-refractivity contribution >= 4 is 33.5 Å². The Morgan fingerprint density at radius 1 is 1.27 bits per heavy atom. The number of hydrogen-bond donors (Lipinski definition) is 0. The van der Waals surface area contributed by atoms with E-state index in [9.17, 15) is 4.79 Å². The standard InChI is InChI=1S/C11H12BrClO2/c12-8-2-1-3-11(14)15-10-6-4-9(13)5-7-10/h4-7H,1-3,8H2. The summed E-state index contributed by atoms with van der Waals surface area (Å²) in [5, 5.41) is 1.55. The number of alkyl halides is 1.